The van der Waals surface area contributed by atoms with Gasteiger partial charge in [-0.1, -0.05) is 29.8 Å². The second-order valence-corrected chi connectivity index (χ2v) is 9.56. The zero-order valence-electron chi connectivity index (χ0n) is 19.6. The number of hydrogen-bond acceptors (Lipinski definition) is 5. The molecule has 0 unspecified atom stereocenters. The Balaban J connectivity index is 1.54. The molecule has 1 aliphatic heterocycles. The van der Waals surface area contributed by atoms with Crippen LogP contribution >= 0.6 is 11.6 Å². The fraction of sp³-hybridized carbons (Fsp3) is 0.222. The summed E-state index contributed by atoms with van der Waals surface area (Å²) in [6.07, 6.45) is 5.34. The molecule has 1 saturated heterocycles. The Morgan fingerprint density at radius 1 is 1.03 bits per heavy atom. The molecule has 1 aromatic heterocycles. The fourth-order valence-electron chi connectivity index (χ4n) is 4.48. The molecule has 4 aromatic rings. The Labute approximate surface area is 211 Å². The standard InChI is InChI=1S/C27H23ClFN3O4/c1-16-3-4-18(10-24(16)31-13-27(36,14-31)15-33)21-12-19(29)11-20(25(21)34)17-5-6-23(22(28)9-17)32-8-7-30(2)26(32)35/h3-6,9-12,33-34,36H,13-15H2,1-2H3. The molecular formula is C27H23ClFN3O4. The van der Waals surface area contributed by atoms with Crippen LogP contribution in [0.3, 0.4) is 0 Å². The van der Waals surface area contributed by atoms with E-state index >= 15 is 0 Å². The maximum atomic E-state index is 14.8. The summed E-state index contributed by atoms with van der Waals surface area (Å²) in [6, 6.07) is 12.8. The molecule has 184 valence electrons. The Morgan fingerprint density at radius 3 is 2.25 bits per heavy atom. The Morgan fingerprint density at radius 2 is 1.67 bits per heavy atom. The van der Waals surface area contributed by atoms with E-state index in [9.17, 15) is 24.5 Å². The minimum absolute atomic E-state index is 0.123. The van der Waals surface area contributed by atoms with E-state index in [0.29, 0.717) is 22.4 Å². The summed E-state index contributed by atoms with van der Waals surface area (Å²) in [5.41, 5.74) is 2.26. The van der Waals surface area contributed by atoms with Gasteiger partial charge in [0.15, 0.2) is 0 Å². The molecule has 1 aliphatic rings. The first-order chi connectivity index (χ1) is 17.1. The number of halogens is 2. The number of β-amino-alcohol motifs (C(OH)–C–C–N with tert-alkyl or cyclic N) is 1. The lowest BCUT2D eigenvalue weighted by molar-refractivity contribution is -0.0360. The highest BCUT2D eigenvalue weighted by molar-refractivity contribution is 6.32. The van der Waals surface area contributed by atoms with Gasteiger partial charge in [0.25, 0.3) is 0 Å². The van der Waals surface area contributed by atoms with Crippen LogP contribution in [-0.2, 0) is 7.05 Å². The molecule has 0 atom stereocenters. The number of rotatable bonds is 5. The highest BCUT2D eigenvalue weighted by Gasteiger charge is 2.41. The normalized spacial score (nSPS) is 14.4. The molecule has 5 rings (SSSR count). The zero-order valence-corrected chi connectivity index (χ0v) is 20.3. The van der Waals surface area contributed by atoms with E-state index in [1.165, 1.54) is 21.3 Å². The first kappa shape index (κ1) is 23.9. The van der Waals surface area contributed by atoms with E-state index in [0.717, 1.165) is 11.3 Å². The third-order valence-electron chi connectivity index (χ3n) is 6.51. The zero-order chi connectivity index (χ0) is 25.8. The summed E-state index contributed by atoms with van der Waals surface area (Å²) in [7, 11) is 1.55. The molecule has 0 amide bonds. The summed E-state index contributed by atoms with van der Waals surface area (Å²) in [6.45, 7) is 2.15. The molecular weight excluding hydrogens is 485 g/mol. The number of aryl methyl sites for hydroxylation is 1. The van der Waals surface area contributed by atoms with Crippen molar-refractivity contribution in [1.82, 2.24) is 9.13 Å². The maximum absolute atomic E-state index is 14.8. The van der Waals surface area contributed by atoms with Gasteiger partial charge in [-0.05, 0) is 53.9 Å². The molecule has 0 saturated carbocycles. The highest BCUT2D eigenvalue weighted by Crippen LogP contribution is 2.42. The lowest BCUT2D eigenvalue weighted by atomic mass is 9.92. The number of phenols is 1. The van der Waals surface area contributed by atoms with E-state index in [1.807, 2.05) is 24.0 Å². The first-order valence-corrected chi connectivity index (χ1v) is 11.6. The lowest BCUT2D eigenvalue weighted by Gasteiger charge is -2.47. The second kappa shape index (κ2) is 8.71. The summed E-state index contributed by atoms with van der Waals surface area (Å²) in [5.74, 6) is -0.664. The molecule has 1 fully saturated rings. The number of benzene rings is 3. The van der Waals surface area contributed by atoms with Crippen LogP contribution in [0.4, 0.5) is 10.1 Å². The number of aromatic nitrogens is 2. The van der Waals surface area contributed by atoms with Crippen LogP contribution in [0, 0.1) is 25.1 Å². The van der Waals surface area contributed by atoms with Gasteiger partial charge in [-0.25, -0.2) is 13.8 Å². The molecule has 36 heavy (non-hydrogen) atoms. The predicted molar refractivity (Wildman–Crippen MR) is 135 cm³/mol. The van der Waals surface area contributed by atoms with Crippen molar-refractivity contribution in [2.45, 2.75) is 12.5 Å². The van der Waals surface area contributed by atoms with Crippen molar-refractivity contribution in [2.75, 3.05) is 24.6 Å². The molecule has 3 aromatic carbocycles. The van der Waals surface area contributed by atoms with Gasteiger partial charge >= 0.3 is 5.69 Å². The molecule has 0 radical (unpaired) electrons. The van der Waals surface area contributed by atoms with Crippen molar-refractivity contribution >= 4 is 17.3 Å². The second-order valence-electron chi connectivity index (χ2n) is 9.16. The molecule has 9 heteroatoms. The maximum Gasteiger partial charge on any atom is 0.347 e. The van der Waals surface area contributed by atoms with E-state index in [1.54, 1.807) is 31.3 Å². The SMILES string of the molecule is Cc1ccc(-c2cc(F)cc(-c3ccc(-n4c#cn(C)c4=O)c(Cl)c3)c2O)cc1N1CC(O)(CO)C1. The van der Waals surface area contributed by atoms with Crippen LogP contribution in [0.1, 0.15) is 5.56 Å². The monoisotopic (exact) mass is 507 g/mol. The van der Waals surface area contributed by atoms with Gasteiger partial charge < -0.3 is 20.2 Å². The molecule has 0 bridgehead atoms. The number of hydrogen-bond donors (Lipinski definition) is 3. The Hall–Kier alpha value is -3.77. The number of aliphatic hydroxyl groups is 2. The van der Waals surface area contributed by atoms with Crippen LogP contribution in [0.5, 0.6) is 5.75 Å². The summed E-state index contributed by atoms with van der Waals surface area (Å²) >= 11 is 6.45. The minimum Gasteiger partial charge on any atom is -0.507 e. The van der Waals surface area contributed by atoms with Crippen LogP contribution in [0.25, 0.3) is 27.9 Å². The lowest BCUT2D eigenvalue weighted by Crippen LogP contribution is -2.64. The quantitative estimate of drug-likeness (QED) is 0.385. The van der Waals surface area contributed by atoms with E-state index in [2.05, 4.69) is 12.4 Å². The number of nitrogens with zero attached hydrogens (tertiary/aromatic N) is 3. The van der Waals surface area contributed by atoms with E-state index in [-0.39, 0.29) is 41.7 Å². The van der Waals surface area contributed by atoms with Crippen molar-refractivity contribution in [3.05, 3.63) is 87.8 Å². The van der Waals surface area contributed by atoms with E-state index in [4.69, 9.17) is 11.6 Å². The summed E-state index contributed by atoms with van der Waals surface area (Å²) in [5, 5.41) is 30.9. The van der Waals surface area contributed by atoms with Crippen LogP contribution in [0.2, 0.25) is 5.02 Å². The predicted octanol–water partition coefficient (Wildman–Crippen LogP) is 3.46. The average Bonchev–Trinajstić information content (AvgIpc) is 3.16. The average molecular weight is 508 g/mol. The topological polar surface area (TPSA) is 90.9 Å². The number of anilines is 1. The number of phenolic OH excluding ortho intramolecular Hbond substituents is 1. The summed E-state index contributed by atoms with van der Waals surface area (Å²) in [4.78, 5) is 14.2. The van der Waals surface area contributed by atoms with E-state index < -0.39 is 11.4 Å². The highest BCUT2D eigenvalue weighted by atomic mass is 35.5. The van der Waals surface area contributed by atoms with Gasteiger partial charge in [0.05, 0.1) is 30.4 Å². The van der Waals surface area contributed by atoms with Gasteiger partial charge in [-0.2, -0.15) is 0 Å². The largest absolute Gasteiger partial charge is 0.507 e. The van der Waals surface area contributed by atoms with Gasteiger partial charge in [-0.3, -0.25) is 4.57 Å². The Bertz CT molecular complexity index is 1540. The molecule has 3 N–H and O–H groups in total. The van der Waals surface area contributed by atoms with Gasteiger partial charge in [0, 0.05) is 36.3 Å². The van der Waals surface area contributed by atoms with Crippen molar-refractivity contribution in [2.24, 2.45) is 7.05 Å². The Kier molecular flexibility index (Phi) is 5.80. The smallest absolute Gasteiger partial charge is 0.347 e. The van der Waals surface area contributed by atoms with Gasteiger partial charge in [0.1, 0.15) is 17.2 Å². The molecule has 7 nitrogen and oxygen atoms in total. The third kappa shape index (κ3) is 4.01. The van der Waals surface area contributed by atoms with Crippen molar-refractivity contribution < 1.29 is 19.7 Å². The molecule has 0 spiro atoms. The number of aromatic hydroxyl groups is 1. The van der Waals surface area contributed by atoms with Crippen molar-refractivity contribution in [1.29, 1.82) is 0 Å². The first-order valence-electron chi connectivity index (χ1n) is 11.2. The minimum atomic E-state index is -1.14. The van der Waals surface area contributed by atoms with Crippen LogP contribution in [0.15, 0.2) is 53.3 Å². The summed E-state index contributed by atoms with van der Waals surface area (Å²) < 4.78 is 17.2. The molecule has 0 aliphatic carbocycles. The van der Waals surface area contributed by atoms with Crippen LogP contribution in [-0.4, -0.2) is 49.8 Å². The van der Waals surface area contributed by atoms with Crippen LogP contribution < -0.4 is 10.6 Å². The third-order valence-corrected chi connectivity index (χ3v) is 6.81. The molecule has 2 heterocycles. The van der Waals surface area contributed by atoms with Gasteiger partial charge in [0.2, 0.25) is 0 Å². The van der Waals surface area contributed by atoms with Crippen molar-refractivity contribution in [3.63, 3.8) is 0 Å². The number of aliphatic hydroxyl groups excluding tert-OH is 1. The fourth-order valence-corrected chi connectivity index (χ4v) is 4.75. The van der Waals surface area contributed by atoms with Crippen molar-refractivity contribution in [3.8, 4) is 33.7 Å². The van der Waals surface area contributed by atoms with Gasteiger partial charge in [-0.15, -0.1) is 0 Å².